The summed E-state index contributed by atoms with van der Waals surface area (Å²) in [4.78, 5) is 14.3. The van der Waals surface area contributed by atoms with E-state index in [9.17, 15) is 0 Å². The van der Waals surface area contributed by atoms with E-state index in [-0.39, 0.29) is 20.1 Å². The van der Waals surface area contributed by atoms with E-state index in [4.69, 9.17) is 15.0 Å². The summed E-state index contributed by atoms with van der Waals surface area (Å²) in [5.74, 6) is 0. The summed E-state index contributed by atoms with van der Waals surface area (Å²) in [6.45, 7) is 0. The van der Waals surface area contributed by atoms with Gasteiger partial charge in [-0.2, -0.15) is 0 Å². The van der Waals surface area contributed by atoms with Crippen LogP contribution in [0.4, 0.5) is 0 Å². The number of fused-ring (bicyclic) bond motifs is 6. The van der Waals surface area contributed by atoms with E-state index in [1.807, 2.05) is 36.4 Å². The fraction of sp³-hybridized carbons (Fsp3) is 0. The molecule has 3 nitrogen and oxygen atoms in total. The smallest absolute Gasteiger partial charge is 0.0709 e. The first-order valence-electron chi connectivity index (χ1n) is 20.3. The molecule has 12 aromatic rings. The van der Waals surface area contributed by atoms with E-state index in [0.29, 0.717) is 0 Å². The van der Waals surface area contributed by atoms with Crippen LogP contribution in [0.25, 0.3) is 98.8 Å². The maximum Gasteiger partial charge on any atom is 0.0709 e. The van der Waals surface area contributed by atoms with Crippen LogP contribution in [-0.4, -0.2) is 15.0 Å². The van der Waals surface area contributed by atoms with E-state index in [0.717, 1.165) is 50.3 Å². The average Bonchev–Trinajstić information content (AvgIpc) is 3.33. The van der Waals surface area contributed by atoms with Gasteiger partial charge in [0, 0.05) is 53.0 Å². The molecule has 0 unspecified atom stereocenters. The van der Waals surface area contributed by atoms with Crippen LogP contribution in [0, 0.1) is 0 Å². The van der Waals surface area contributed by atoms with Crippen molar-refractivity contribution in [1.82, 2.24) is 15.0 Å². The van der Waals surface area contributed by atoms with E-state index >= 15 is 0 Å². The molecule has 12 rings (SSSR count). The van der Waals surface area contributed by atoms with Gasteiger partial charge in [0.1, 0.15) is 0 Å². The van der Waals surface area contributed by atoms with Gasteiger partial charge >= 0.3 is 0 Å². The van der Waals surface area contributed by atoms with Gasteiger partial charge in [-0.05, 0) is 86.9 Å². The maximum atomic E-state index is 4.75. The molecule has 0 atom stereocenters. The molecule has 0 saturated heterocycles. The molecule has 0 bridgehead atoms. The Morgan fingerprint density at radius 1 is 0.197 bits per heavy atom. The Morgan fingerprint density at radius 3 is 0.721 bits per heavy atom. The Morgan fingerprint density at radius 2 is 0.426 bits per heavy atom. The number of hydrogen-bond donors (Lipinski definition) is 0. The van der Waals surface area contributed by atoms with Gasteiger partial charge < -0.3 is 0 Å². The zero-order valence-electron chi connectivity index (χ0n) is 33.2. The SMILES string of the molecule is [Ir].c1ccc2cc(-c3ccc4ccccc4n3)ccc2c1.c1ccc2cc(-c3ccc4ccccc4n3)ccc2c1.c1ccc2cc(-c3ccc4ccccc4n3)ccc2c1. The summed E-state index contributed by atoms with van der Waals surface area (Å²) >= 11 is 0. The monoisotopic (exact) mass is 958 g/mol. The number of hydrogen-bond acceptors (Lipinski definition) is 3. The first kappa shape index (κ1) is 39.1. The fourth-order valence-corrected chi connectivity index (χ4v) is 7.73. The molecule has 0 aliphatic carbocycles. The van der Waals surface area contributed by atoms with Gasteiger partial charge in [-0.25, -0.2) is 15.0 Å². The molecule has 0 N–H and O–H groups in total. The van der Waals surface area contributed by atoms with Crippen molar-refractivity contribution >= 4 is 65.0 Å². The number of rotatable bonds is 3. The maximum absolute atomic E-state index is 4.75. The van der Waals surface area contributed by atoms with Gasteiger partial charge in [-0.1, -0.05) is 182 Å². The van der Waals surface area contributed by atoms with Crippen molar-refractivity contribution in [2.75, 3.05) is 0 Å². The first-order chi connectivity index (χ1) is 29.7. The van der Waals surface area contributed by atoms with E-state index < -0.39 is 0 Å². The van der Waals surface area contributed by atoms with Gasteiger partial charge in [-0.3, -0.25) is 0 Å². The first-order valence-corrected chi connectivity index (χ1v) is 20.3. The number of para-hydroxylation sites is 3. The summed E-state index contributed by atoms with van der Waals surface area (Å²) in [6, 6.07) is 82.0. The summed E-state index contributed by atoms with van der Waals surface area (Å²) in [7, 11) is 0. The van der Waals surface area contributed by atoms with Crippen LogP contribution in [0.2, 0.25) is 0 Å². The van der Waals surface area contributed by atoms with Crippen molar-refractivity contribution < 1.29 is 20.1 Å². The minimum absolute atomic E-state index is 0. The third-order valence-electron chi connectivity index (χ3n) is 10.9. The minimum atomic E-state index is 0. The number of benzene rings is 9. The van der Waals surface area contributed by atoms with Gasteiger partial charge in [0.05, 0.1) is 33.6 Å². The van der Waals surface area contributed by atoms with Crippen LogP contribution in [0.5, 0.6) is 0 Å². The second-order valence-corrected chi connectivity index (χ2v) is 14.9. The van der Waals surface area contributed by atoms with Crippen molar-refractivity contribution in [3.05, 3.63) is 237 Å². The molecule has 0 aliphatic rings. The van der Waals surface area contributed by atoms with Gasteiger partial charge in [0.25, 0.3) is 0 Å². The summed E-state index contributed by atoms with van der Waals surface area (Å²) < 4.78 is 0. The van der Waals surface area contributed by atoms with Crippen LogP contribution in [0.1, 0.15) is 0 Å². The van der Waals surface area contributed by atoms with Crippen LogP contribution >= 0.6 is 0 Å². The average molecular weight is 958 g/mol. The molecule has 1 radical (unpaired) electrons. The standard InChI is InChI=1S/3C19H13N.Ir/c3*1-2-7-16-13-17(10-9-14(16)5-1)19-12-11-15-6-3-4-8-18(15)20-19;/h3*1-13H;. The molecule has 0 fully saturated rings. The third kappa shape index (κ3) is 8.69. The molecule has 3 aromatic heterocycles. The molecule has 0 saturated carbocycles. The van der Waals surface area contributed by atoms with Crippen LogP contribution in [0.15, 0.2) is 237 Å². The Bertz CT molecular complexity index is 2870. The quantitative estimate of drug-likeness (QED) is 0.177. The second-order valence-electron chi connectivity index (χ2n) is 14.9. The molecule has 3 heterocycles. The zero-order valence-corrected chi connectivity index (χ0v) is 35.6. The summed E-state index contributed by atoms with van der Waals surface area (Å²) in [5.41, 5.74) is 9.67. The second kappa shape index (κ2) is 17.9. The Labute approximate surface area is 368 Å². The van der Waals surface area contributed by atoms with Crippen molar-refractivity contribution in [2.24, 2.45) is 0 Å². The van der Waals surface area contributed by atoms with Gasteiger partial charge in [0.15, 0.2) is 0 Å². The number of aromatic nitrogens is 3. The largest absolute Gasteiger partial charge is 0.248 e. The summed E-state index contributed by atoms with van der Waals surface area (Å²) in [5, 5.41) is 11.1. The Hall–Kier alpha value is -7.36. The van der Waals surface area contributed by atoms with Gasteiger partial charge in [-0.15, -0.1) is 0 Å². The van der Waals surface area contributed by atoms with Crippen LogP contribution in [0.3, 0.4) is 0 Å². The Balaban J connectivity index is 0.000000116. The van der Waals surface area contributed by atoms with E-state index in [1.165, 1.54) is 48.5 Å². The van der Waals surface area contributed by atoms with E-state index in [1.54, 1.807) is 0 Å². The summed E-state index contributed by atoms with van der Waals surface area (Å²) in [6.07, 6.45) is 0. The van der Waals surface area contributed by atoms with Gasteiger partial charge in [0.2, 0.25) is 0 Å². The van der Waals surface area contributed by atoms with E-state index in [2.05, 4.69) is 200 Å². The Kier molecular flexibility index (Phi) is 11.5. The van der Waals surface area contributed by atoms with Crippen molar-refractivity contribution in [1.29, 1.82) is 0 Å². The zero-order chi connectivity index (χ0) is 40.1. The molecule has 0 aliphatic heterocycles. The van der Waals surface area contributed by atoms with Crippen molar-refractivity contribution in [3.8, 4) is 33.8 Å². The molecular formula is C57H39IrN3. The molecule has 291 valence electrons. The molecule has 4 heteroatoms. The molecule has 61 heavy (non-hydrogen) atoms. The molecule has 0 amide bonds. The molecule has 0 spiro atoms. The number of pyridine rings is 3. The minimum Gasteiger partial charge on any atom is -0.248 e. The molecular weight excluding hydrogens is 919 g/mol. The predicted octanol–water partition coefficient (Wildman–Crippen LogP) is 15.2. The van der Waals surface area contributed by atoms with Crippen molar-refractivity contribution in [2.45, 2.75) is 0 Å². The predicted molar refractivity (Wildman–Crippen MR) is 254 cm³/mol. The number of nitrogens with zero attached hydrogens (tertiary/aromatic N) is 3. The topological polar surface area (TPSA) is 38.7 Å². The third-order valence-corrected chi connectivity index (χ3v) is 10.9. The van der Waals surface area contributed by atoms with Crippen molar-refractivity contribution in [3.63, 3.8) is 0 Å². The van der Waals surface area contributed by atoms with Crippen LogP contribution in [-0.2, 0) is 20.1 Å². The normalized spacial score (nSPS) is 10.8. The van der Waals surface area contributed by atoms with Crippen LogP contribution < -0.4 is 0 Å². The fourth-order valence-electron chi connectivity index (χ4n) is 7.73. The molecule has 9 aromatic carbocycles.